The monoisotopic (exact) mass is 243 g/mol. The maximum absolute atomic E-state index is 11.5. The van der Waals surface area contributed by atoms with Gasteiger partial charge in [0.15, 0.2) is 0 Å². The number of hydrogen-bond donors (Lipinski definition) is 1. The van der Waals surface area contributed by atoms with Gasteiger partial charge in [-0.15, -0.1) is 0 Å². The van der Waals surface area contributed by atoms with E-state index in [0.29, 0.717) is 5.92 Å². The second-order valence-electron chi connectivity index (χ2n) is 5.68. The molecule has 0 aliphatic heterocycles. The zero-order valence-corrected chi connectivity index (χ0v) is 12.1. The van der Waals surface area contributed by atoms with Crippen LogP contribution in [0.25, 0.3) is 0 Å². The lowest BCUT2D eigenvalue weighted by Gasteiger charge is -2.21. The Hall–Kier alpha value is -0.730. The summed E-state index contributed by atoms with van der Waals surface area (Å²) in [5.41, 5.74) is -0.409. The zero-order chi connectivity index (χ0) is 13.3. The van der Waals surface area contributed by atoms with E-state index < -0.39 is 5.60 Å². The van der Waals surface area contributed by atoms with Crippen molar-refractivity contribution in [2.45, 2.75) is 72.3 Å². The van der Waals surface area contributed by atoms with Gasteiger partial charge in [-0.25, -0.2) is 4.79 Å². The summed E-state index contributed by atoms with van der Waals surface area (Å²) in [6.07, 6.45) is 5.70. The maximum atomic E-state index is 11.5. The SMILES string of the molecule is CCCCC(CCC)CNC(=O)OC(C)(C)C. The van der Waals surface area contributed by atoms with Crippen molar-refractivity contribution in [1.29, 1.82) is 0 Å². The molecule has 0 saturated heterocycles. The molecule has 0 spiro atoms. The minimum atomic E-state index is -0.409. The van der Waals surface area contributed by atoms with Crippen LogP contribution in [0.2, 0.25) is 0 Å². The molecule has 17 heavy (non-hydrogen) atoms. The average molecular weight is 243 g/mol. The summed E-state index contributed by atoms with van der Waals surface area (Å²) in [5, 5.41) is 2.87. The van der Waals surface area contributed by atoms with Gasteiger partial charge in [0.2, 0.25) is 0 Å². The highest BCUT2D eigenvalue weighted by Crippen LogP contribution is 2.14. The molecule has 3 nitrogen and oxygen atoms in total. The van der Waals surface area contributed by atoms with E-state index in [1.54, 1.807) is 0 Å². The number of carbonyl (C=O) groups is 1. The zero-order valence-electron chi connectivity index (χ0n) is 12.1. The minimum absolute atomic E-state index is 0.296. The minimum Gasteiger partial charge on any atom is -0.444 e. The molecule has 0 saturated carbocycles. The van der Waals surface area contributed by atoms with E-state index in [0.717, 1.165) is 6.54 Å². The van der Waals surface area contributed by atoms with E-state index >= 15 is 0 Å². The highest BCUT2D eigenvalue weighted by Gasteiger charge is 2.17. The van der Waals surface area contributed by atoms with Gasteiger partial charge in [0.25, 0.3) is 0 Å². The summed E-state index contributed by atoms with van der Waals surface area (Å²) >= 11 is 0. The number of hydrogen-bond acceptors (Lipinski definition) is 2. The number of rotatable bonds is 7. The van der Waals surface area contributed by atoms with Crippen LogP contribution in [0, 0.1) is 5.92 Å². The van der Waals surface area contributed by atoms with Crippen LogP contribution in [-0.2, 0) is 4.74 Å². The first-order valence-electron chi connectivity index (χ1n) is 6.85. The van der Waals surface area contributed by atoms with Gasteiger partial charge in [-0.2, -0.15) is 0 Å². The molecular formula is C14H29NO2. The van der Waals surface area contributed by atoms with Crippen molar-refractivity contribution < 1.29 is 9.53 Å². The Morgan fingerprint density at radius 1 is 1.18 bits per heavy atom. The molecule has 0 rings (SSSR count). The highest BCUT2D eigenvalue weighted by atomic mass is 16.6. The Balaban J connectivity index is 3.90. The molecule has 0 radical (unpaired) electrons. The van der Waals surface area contributed by atoms with Crippen molar-refractivity contribution in [3.8, 4) is 0 Å². The van der Waals surface area contributed by atoms with Gasteiger partial charge in [0.1, 0.15) is 5.60 Å². The molecular weight excluding hydrogens is 214 g/mol. The van der Waals surface area contributed by atoms with E-state index in [2.05, 4.69) is 19.2 Å². The lowest BCUT2D eigenvalue weighted by atomic mass is 9.97. The number of amides is 1. The van der Waals surface area contributed by atoms with Crippen LogP contribution in [0.5, 0.6) is 0 Å². The number of nitrogens with one attached hydrogen (secondary N) is 1. The van der Waals surface area contributed by atoms with Gasteiger partial charge in [0.05, 0.1) is 0 Å². The lowest BCUT2D eigenvalue weighted by Crippen LogP contribution is -2.35. The van der Waals surface area contributed by atoms with Crippen molar-refractivity contribution in [3.05, 3.63) is 0 Å². The molecule has 1 unspecified atom stereocenters. The number of ether oxygens (including phenoxy) is 1. The van der Waals surface area contributed by atoms with Crippen LogP contribution in [0.1, 0.15) is 66.7 Å². The molecule has 3 heteroatoms. The molecule has 0 bridgehead atoms. The fourth-order valence-corrected chi connectivity index (χ4v) is 1.79. The topological polar surface area (TPSA) is 38.3 Å². The predicted molar refractivity (Wildman–Crippen MR) is 72.2 cm³/mol. The van der Waals surface area contributed by atoms with E-state index in [1.165, 1.54) is 32.1 Å². The van der Waals surface area contributed by atoms with Crippen LogP contribution in [-0.4, -0.2) is 18.2 Å². The summed E-state index contributed by atoms with van der Waals surface area (Å²) in [4.78, 5) is 11.5. The fraction of sp³-hybridized carbons (Fsp3) is 0.929. The Morgan fingerprint density at radius 3 is 2.29 bits per heavy atom. The third-order valence-electron chi connectivity index (χ3n) is 2.60. The van der Waals surface area contributed by atoms with Gasteiger partial charge in [-0.1, -0.05) is 33.1 Å². The fourth-order valence-electron chi connectivity index (χ4n) is 1.79. The molecule has 0 aliphatic carbocycles. The molecule has 1 atom stereocenters. The predicted octanol–water partition coefficient (Wildman–Crippen LogP) is 4.12. The first-order valence-corrected chi connectivity index (χ1v) is 6.85. The summed E-state index contributed by atoms with van der Waals surface area (Å²) in [7, 11) is 0. The third-order valence-corrected chi connectivity index (χ3v) is 2.60. The number of carbonyl (C=O) groups excluding carboxylic acids is 1. The van der Waals surface area contributed by atoms with Crippen LogP contribution < -0.4 is 5.32 Å². The average Bonchev–Trinajstić information content (AvgIpc) is 2.19. The summed E-state index contributed by atoms with van der Waals surface area (Å²) < 4.78 is 5.22. The van der Waals surface area contributed by atoms with Gasteiger partial charge >= 0.3 is 6.09 Å². The molecule has 0 aromatic carbocycles. The Bertz CT molecular complexity index is 209. The number of alkyl carbamates (subject to hydrolysis) is 1. The summed E-state index contributed by atoms with van der Waals surface area (Å²) in [6.45, 7) is 10.8. The lowest BCUT2D eigenvalue weighted by molar-refractivity contribution is 0.0517. The normalized spacial score (nSPS) is 13.2. The second-order valence-corrected chi connectivity index (χ2v) is 5.68. The van der Waals surface area contributed by atoms with Gasteiger partial charge in [-0.3, -0.25) is 0 Å². The Morgan fingerprint density at radius 2 is 1.82 bits per heavy atom. The molecule has 0 heterocycles. The third kappa shape index (κ3) is 10.2. The van der Waals surface area contributed by atoms with E-state index in [1.807, 2.05) is 20.8 Å². The molecule has 0 aromatic rings. The largest absolute Gasteiger partial charge is 0.444 e. The first kappa shape index (κ1) is 16.3. The van der Waals surface area contributed by atoms with Gasteiger partial charge in [-0.05, 0) is 39.5 Å². The quantitative estimate of drug-likeness (QED) is 0.730. The molecule has 0 aliphatic rings. The van der Waals surface area contributed by atoms with Crippen LogP contribution >= 0.6 is 0 Å². The van der Waals surface area contributed by atoms with Crippen molar-refractivity contribution in [2.75, 3.05) is 6.54 Å². The summed E-state index contributed by atoms with van der Waals surface area (Å²) in [5.74, 6) is 0.590. The highest BCUT2D eigenvalue weighted by molar-refractivity contribution is 5.67. The molecule has 1 amide bonds. The van der Waals surface area contributed by atoms with Crippen LogP contribution in [0.3, 0.4) is 0 Å². The Kier molecular flexibility index (Phi) is 8.01. The number of unbranched alkanes of at least 4 members (excludes halogenated alkanes) is 1. The van der Waals surface area contributed by atoms with Crippen molar-refractivity contribution in [2.24, 2.45) is 5.92 Å². The standard InChI is InChI=1S/C14H29NO2/c1-6-8-10-12(9-7-2)11-15-13(16)17-14(3,4)5/h12H,6-11H2,1-5H3,(H,15,16). The smallest absolute Gasteiger partial charge is 0.407 e. The molecule has 0 fully saturated rings. The molecule has 1 N–H and O–H groups in total. The van der Waals surface area contributed by atoms with Gasteiger partial charge < -0.3 is 10.1 Å². The maximum Gasteiger partial charge on any atom is 0.407 e. The second kappa shape index (κ2) is 8.37. The summed E-state index contributed by atoms with van der Waals surface area (Å²) in [6, 6.07) is 0. The Labute approximate surface area is 106 Å². The van der Waals surface area contributed by atoms with Crippen molar-refractivity contribution >= 4 is 6.09 Å². The van der Waals surface area contributed by atoms with Crippen molar-refractivity contribution in [3.63, 3.8) is 0 Å². The van der Waals surface area contributed by atoms with Gasteiger partial charge in [0, 0.05) is 6.54 Å². The van der Waals surface area contributed by atoms with Crippen LogP contribution in [0.4, 0.5) is 4.79 Å². The van der Waals surface area contributed by atoms with E-state index in [-0.39, 0.29) is 6.09 Å². The first-order chi connectivity index (χ1) is 7.89. The van der Waals surface area contributed by atoms with E-state index in [9.17, 15) is 4.79 Å². The van der Waals surface area contributed by atoms with Crippen LogP contribution in [0.15, 0.2) is 0 Å². The van der Waals surface area contributed by atoms with E-state index in [4.69, 9.17) is 4.74 Å². The molecule has 0 aromatic heterocycles. The molecule has 102 valence electrons. The van der Waals surface area contributed by atoms with Crippen molar-refractivity contribution in [1.82, 2.24) is 5.32 Å².